The number of carbonyl (C=O) groups is 2. The third-order valence-corrected chi connectivity index (χ3v) is 3.02. The molecule has 0 saturated heterocycles. The van der Waals surface area contributed by atoms with Gasteiger partial charge < -0.3 is 10.4 Å². The van der Waals surface area contributed by atoms with E-state index in [2.05, 4.69) is 5.32 Å². The van der Waals surface area contributed by atoms with E-state index in [1.165, 1.54) is 0 Å². The van der Waals surface area contributed by atoms with Gasteiger partial charge in [0.2, 0.25) is 0 Å². The zero-order chi connectivity index (χ0) is 13.7. The smallest absolute Gasteiger partial charge is 0.326 e. The highest BCUT2D eigenvalue weighted by atomic mass is 35.5. The lowest BCUT2D eigenvalue weighted by Crippen LogP contribution is -2.40. The minimum atomic E-state index is -1.02. The highest BCUT2D eigenvalue weighted by Crippen LogP contribution is 2.16. The van der Waals surface area contributed by atoms with Crippen LogP contribution in [-0.2, 0) is 4.79 Å². The van der Waals surface area contributed by atoms with Crippen LogP contribution in [0.4, 0.5) is 0 Å². The van der Waals surface area contributed by atoms with E-state index in [0.29, 0.717) is 23.4 Å². The molecule has 0 fully saturated rings. The van der Waals surface area contributed by atoms with Gasteiger partial charge in [0.25, 0.3) is 5.91 Å². The van der Waals surface area contributed by atoms with Gasteiger partial charge in [-0.3, -0.25) is 4.79 Å². The first-order valence-electron chi connectivity index (χ1n) is 5.75. The fourth-order valence-electron chi connectivity index (χ4n) is 1.57. The predicted molar refractivity (Wildman–Crippen MR) is 70.0 cm³/mol. The van der Waals surface area contributed by atoms with Gasteiger partial charge >= 0.3 is 5.97 Å². The van der Waals surface area contributed by atoms with Crippen LogP contribution < -0.4 is 5.32 Å². The molecule has 0 aromatic heterocycles. The molecule has 1 rings (SSSR count). The molecule has 18 heavy (non-hydrogen) atoms. The number of aliphatic carboxylic acids is 1. The SMILES string of the molecule is CCC[C@H](NC(=O)c1ccc(Cl)c(C)c1)C(=O)O. The maximum absolute atomic E-state index is 11.9. The molecule has 0 bridgehead atoms. The maximum atomic E-state index is 11.9. The molecule has 5 heteroatoms. The molecule has 0 aliphatic heterocycles. The van der Waals surface area contributed by atoms with Crippen molar-refractivity contribution in [2.24, 2.45) is 0 Å². The highest BCUT2D eigenvalue weighted by Gasteiger charge is 2.19. The summed E-state index contributed by atoms with van der Waals surface area (Å²) in [5.74, 6) is -1.41. The number of nitrogens with one attached hydrogen (secondary N) is 1. The predicted octanol–water partition coefficient (Wildman–Crippen LogP) is 2.63. The summed E-state index contributed by atoms with van der Waals surface area (Å²) < 4.78 is 0. The average molecular weight is 270 g/mol. The number of hydrogen-bond donors (Lipinski definition) is 2. The Hall–Kier alpha value is -1.55. The normalized spacial score (nSPS) is 11.9. The van der Waals surface area contributed by atoms with Crippen LogP contribution in [0.1, 0.15) is 35.7 Å². The number of amides is 1. The number of aryl methyl sites for hydroxylation is 1. The van der Waals surface area contributed by atoms with Crippen LogP contribution in [0.5, 0.6) is 0 Å². The van der Waals surface area contributed by atoms with Crippen LogP contribution >= 0.6 is 11.6 Å². The number of carboxylic acid groups (broad SMARTS) is 1. The summed E-state index contributed by atoms with van der Waals surface area (Å²) in [5, 5.41) is 12.0. The van der Waals surface area contributed by atoms with Gasteiger partial charge in [-0.15, -0.1) is 0 Å². The highest BCUT2D eigenvalue weighted by molar-refractivity contribution is 6.31. The third kappa shape index (κ3) is 3.74. The van der Waals surface area contributed by atoms with Crippen molar-refractivity contribution >= 4 is 23.5 Å². The molecule has 0 saturated carbocycles. The van der Waals surface area contributed by atoms with Gasteiger partial charge in [-0.1, -0.05) is 24.9 Å². The summed E-state index contributed by atoms with van der Waals surface area (Å²) in [7, 11) is 0. The van der Waals surface area contributed by atoms with E-state index in [0.717, 1.165) is 5.56 Å². The van der Waals surface area contributed by atoms with Crippen molar-refractivity contribution in [3.8, 4) is 0 Å². The van der Waals surface area contributed by atoms with Crippen molar-refractivity contribution in [1.29, 1.82) is 0 Å². The lowest BCUT2D eigenvalue weighted by Gasteiger charge is -2.13. The Labute approximate surface area is 111 Å². The van der Waals surface area contributed by atoms with Crippen molar-refractivity contribution in [1.82, 2.24) is 5.32 Å². The molecule has 2 N–H and O–H groups in total. The Morgan fingerprint density at radius 1 is 1.44 bits per heavy atom. The molecule has 0 heterocycles. The molecule has 1 amide bonds. The molecule has 1 atom stereocenters. The number of rotatable bonds is 5. The molecule has 0 unspecified atom stereocenters. The molecule has 0 spiro atoms. The third-order valence-electron chi connectivity index (χ3n) is 2.60. The van der Waals surface area contributed by atoms with Crippen molar-refractivity contribution in [2.45, 2.75) is 32.7 Å². The summed E-state index contributed by atoms with van der Waals surface area (Å²) in [6.45, 7) is 3.66. The van der Waals surface area contributed by atoms with E-state index in [1.807, 2.05) is 6.92 Å². The first kappa shape index (κ1) is 14.5. The quantitative estimate of drug-likeness (QED) is 0.863. The molecule has 1 aromatic rings. The summed E-state index contributed by atoms with van der Waals surface area (Å²) in [6, 6.07) is 4.00. The van der Waals surface area contributed by atoms with E-state index < -0.39 is 17.9 Å². The molecule has 0 radical (unpaired) electrons. The topological polar surface area (TPSA) is 66.4 Å². The minimum absolute atomic E-state index is 0.393. The Balaban J connectivity index is 2.80. The first-order chi connectivity index (χ1) is 8.45. The van der Waals surface area contributed by atoms with Gasteiger partial charge in [0.05, 0.1) is 0 Å². The van der Waals surface area contributed by atoms with Crippen LogP contribution in [0, 0.1) is 6.92 Å². The van der Waals surface area contributed by atoms with Gasteiger partial charge in [0.15, 0.2) is 0 Å². The second kappa shape index (κ2) is 6.40. The standard InChI is InChI=1S/C13H16ClNO3/c1-3-4-11(13(17)18)15-12(16)9-5-6-10(14)8(2)7-9/h5-7,11H,3-4H2,1-2H3,(H,15,16)(H,17,18)/t11-/m0/s1. The average Bonchev–Trinajstić information content (AvgIpc) is 2.31. The zero-order valence-electron chi connectivity index (χ0n) is 10.4. The molecular weight excluding hydrogens is 254 g/mol. The lowest BCUT2D eigenvalue weighted by molar-refractivity contribution is -0.139. The summed E-state index contributed by atoms with van der Waals surface area (Å²) >= 11 is 5.87. The second-order valence-corrected chi connectivity index (χ2v) is 4.52. The second-order valence-electron chi connectivity index (χ2n) is 4.12. The number of halogens is 1. The van der Waals surface area contributed by atoms with Gasteiger partial charge in [0, 0.05) is 10.6 Å². The van der Waals surface area contributed by atoms with E-state index in [1.54, 1.807) is 25.1 Å². The summed E-state index contributed by atoms with van der Waals surface area (Å²) in [5.41, 5.74) is 1.20. The van der Waals surface area contributed by atoms with Crippen LogP contribution in [0.15, 0.2) is 18.2 Å². The maximum Gasteiger partial charge on any atom is 0.326 e. The minimum Gasteiger partial charge on any atom is -0.480 e. The summed E-state index contributed by atoms with van der Waals surface area (Å²) in [6.07, 6.45) is 1.10. The fraction of sp³-hybridized carbons (Fsp3) is 0.385. The fourth-order valence-corrected chi connectivity index (χ4v) is 1.69. The largest absolute Gasteiger partial charge is 0.480 e. The zero-order valence-corrected chi connectivity index (χ0v) is 11.1. The van der Waals surface area contributed by atoms with Crippen molar-refractivity contribution in [3.05, 3.63) is 34.3 Å². The van der Waals surface area contributed by atoms with Crippen molar-refractivity contribution in [2.75, 3.05) is 0 Å². The van der Waals surface area contributed by atoms with E-state index >= 15 is 0 Å². The molecule has 0 aliphatic rings. The number of benzene rings is 1. The Kier molecular flexibility index (Phi) is 5.16. The summed E-state index contributed by atoms with van der Waals surface area (Å²) in [4.78, 5) is 22.8. The van der Waals surface area contributed by atoms with Gasteiger partial charge in [-0.25, -0.2) is 4.79 Å². The number of hydrogen-bond acceptors (Lipinski definition) is 2. The number of carboxylic acids is 1. The van der Waals surface area contributed by atoms with Gasteiger partial charge in [0.1, 0.15) is 6.04 Å². The Morgan fingerprint density at radius 2 is 2.11 bits per heavy atom. The van der Waals surface area contributed by atoms with Crippen molar-refractivity contribution in [3.63, 3.8) is 0 Å². The number of carbonyl (C=O) groups excluding carboxylic acids is 1. The van der Waals surface area contributed by atoms with E-state index in [4.69, 9.17) is 16.7 Å². The van der Waals surface area contributed by atoms with E-state index in [-0.39, 0.29) is 0 Å². The van der Waals surface area contributed by atoms with Crippen LogP contribution in [-0.4, -0.2) is 23.0 Å². The molecule has 0 aliphatic carbocycles. The molecule has 1 aromatic carbocycles. The molecule has 98 valence electrons. The lowest BCUT2D eigenvalue weighted by atomic mass is 10.1. The van der Waals surface area contributed by atoms with Crippen LogP contribution in [0.25, 0.3) is 0 Å². The Bertz CT molecular complexity index is 460. The van der Waals surface area contributed by atoms with E-state index in [9.17, 15) is 9.59 Å². The monoisotopic (exact) mass is 269 g/mol. The van der Waals surface area contributed by atoms with Gasteiger partial charge in [-0.05, 0) is 37.1 Å². The first-order valence-corrected chi connectivity index (χ1v) is 6.13. The Morgan fingerprint density at radius 3 is 2.61 bits per heavy atom. The molecule has 4 nitrogen and oxygen atoms in total. The van der Waals surface area contributed by atoms with Crippen LogP contribution in [0.3, 0.4) is 0 Å². The molecular formula is C13H16ClNO3. The van der Waals surface area contributed by atoms with Crippen molar-refractivity contribution < 1.29 is 14.7 Å². The van der Waals surface area contributed by atoms with Crippen LogP contribution in [0.2, 0.25) is 5.02 Å². The van der Waals surface area contributed by atoms with Gasteiger partial charge in [-0.2, -0.15) is 0 Å².